The topological polar surface area (TPSA) is 83.6 Å². The molecule has 1 aromatic carbocycles. The van der Waals surface area contributed by atoms with E-state index in [0.717, 1.165) is 17.8 Å². The third kappa shape index (κ3) is 6.25. The number of morpholine rings is 1. The first-order valence-electron chi connectivity index (χ1n) is 10.9. The maximum Gasteiger partial charge on any atom is 0.379 e. The first-order valence-corrected chi connectivity index (χ1v) is 10.9. The molecule has 0 spiro atoms. The van der Waals surface area contributed by atoms with Crippen LogP contribution in [0.15, 0.2) is 42.6 Å². The van der Waals surface area contributed by atoms with E-state index in [-0.39, 0.29) is 30.4 Å². The Bertz CT molecular complexity index is 988. The number of hydrogen-bond donors (Lipinski definition) is 2. The lowest BCUT2D eigenvalue weighted by molar-refractivity contribution is -0.150. The lowest BCUT2D eigenvalue weighted by atomic mass is 9.83. The SMILES string of the molecule is CN(Cc1ccc(NC2Cc3ccccc3C2(C)C)cn1)C(=O)C1CNC(=O)CO1.FC(F)F. The van der Waals surface area contributed by atoms with E-state index in [0.29, 0.717) is 12.6 Å². The fraction of sp³-hybridized carbons (Fsp3) is 0.458. The molecule has 0 bridgehead atoms. The summed E-state index contributed by atoms with van der Waals surface area (Å²) in [6.07, 6.45) is 2.17. The van der Waals surface area contributed by atoms with Gasteiger partial charge in [0.25, 0.3) is 5.91 Å². The van der Waals surface area contributed by atoms with Crippen LogP contribution in [0.3, 0.4) is 0 Å². The van der Waals surface area contributed by atoms with Crippen LogP contribution in [0.4, 0.5) is 18.9 Å². The second kappa shape index (κ2) is 10.9. The minimum Gasteiger partial charge on any atom is -0.380 e. The van der Waals surface area contributed by atoms with Crippen LogP contribution >= 0.6 is 0 Å². The molecule has 2 atom stereocenters. The number of pyridine rings is 1. The molecule has 2 aromatic rings. The molecule has 2 aliphatic rings. The molecule has 1 saturated heterocycles. The third-order valence-electron chi connectivity index (χ3n) is 6.12. The first kappa shape index (κ1) is 25.5. The van der Waals surface area contributed by atoms with Gasteiger partial charge in [0.05, 0.1) is 30.7 Å². The number of benzene rings is 1. The van der Waals surface area contributed by atoms with E-state index in [2.05, 4.69) is 53.7 Å². The molecule has 184 valence electrons. The van der Waals surface area contributed by atoms with Crippen molar-refractivity contribution < 1.29 is 27.5 Å². The van der Waals surface area contributed by atoms with E-state index in [9.17, 15) is 22.8 Å². The van der Waals surface area contributed by atoms with Crippen molar-refractivity contribution in [3.05, 3.63) is 59.4 Å². The molecule has 2 amide bonds. The summed E-state index contributed by atoms with van der Waals surface area (Å²) < 4.78 is 34.3. The zero-order valence-electron chi connectivity index (χ0n) is 19.4. The lowest BCUT2D eigenvalue weighted by Gasteiger charge is -2.30. The summed E-state index contributed by atoms with van der Waals surface area (Å²) in [6.45, 7) is 1.39. The molecule has 7 nitrogen and oxygen atoms in total. The van der Waals surface area contributed by atoms with E-state index in [1.54, 1.807) is 11.9 Å². The number of nitrogens with one attached hydrogen (secondary N) is 2. The lowest BCUT2D eigenvalue weighted by Crippen LogP contribution is -2.50. The van der Waals surface area contributed by atoms with Crippen LogP contribution < -0.4 is 10.6 Å². The first-order chi connectivity index (χ1) is 16.1. The maximum atomic E-state index is 12.5. The Morgan fingerprint density at radius 2 is 1.97 bits per heavy atom. The van der Waals surface area contributed by atoms with Crippen molar-refractivity contribution in [3.8, 4) is 0 Å². The smallest absolute Gasteiger partial charge is 0.379 e. The van der Waals surface area contributed by atoms with Crippen LogP contribution in [0.2, 0.25) is 0 Å². The van der Waals surface area contributed by atoms with Gasteiger partial charge in [0.2, 0.25) is 5.91 Å². The minimum absolute atomic E-state index is 0.0390. The molecule has 1 fully saturated rings. The molecule has 0 saturated carbocycles. The largest absolute Gasteiger partial charge is 0.380 e. The van der Waals surface area contributed by atoms with Crippen molar-refractivity contribution in [2.24, 2.45) is 0 Å². The van der Waals surface area contributed by atoms with Gasteiger partial charge >= 0.3 is 6.68 Å². The molecular formula is C24H29F3N4O3. The number of aromatic nitrogens is 1. The molecule has 1 aliphatic heterocycles. The maximum absolute atomic E-state index is 12.5. The number of amides is 2. The van der Waals surface area contributed by atoms with Crippen molar-refractivity contribution in [1.29, 1.82) is 0 Å². The third-order valence-corrected chi connectivity index (χ3v) is 6.12. The zero-order chi connectivity index (χ0) is 24.9. The number of anilines is 1. The number of fused-ring (bicyclic) bond motifs is 1. The zero-order valence-corrected chi connectivity index (χ0v) is 19.4. The van der Waals surface area contributed by atoms with Crippen molar-refractivity contribution >= 4 is 17.5 Å². The summed E-state index contributed by atoms with van der Waals surface area (Å²) in [5, 5.41) is 6.29. The summed E-state index contributed by atoms with van der Waals surface area (Å²) in [5.74, 6) is -0.357. The van der Waals surface area contributed by atoms with Crippen LogP contribution in [0, 0.1) is 0 Å². The van der Waals surface area contributed by atoms with Gasteiger partial charge in [-0.1, -0.05) is 38.1 Å². The van der Waals surface area contributed by atoms with Gasteiger partial charge in [-0.05, 0) is 29.7 Å². The van der Waals surface area contributed by atoms with Crippen LogP contribution in [-0.2, 0) is 32.7 Å². The van der Waals surface area contributed by atoms with Crippen LogP contribution in [-0.4, -0.2) is 60.7 Å². The van der Waals surface area contributed by atoms with Gasteiger partial charge in [-0.25, -0.2) is 0 Å². The second-order valence-electron chi connectivity index (χ2n) is 8.86. The van der Waals surface area contributed by atoms with Gasteiger partial charge in [0.15, 0.2) is 6.10 Å². The molecule has 1 aromatic heterocycles. The number of carbonyl (C=O) groups is 2. The Morgan fingerprint density at radius 3 is 2.56 bits per heavy atom. The second-order valence-corrected chi connectivity index (χ2v) is 8.86. The molecule has 2 heterocycles. The minimum atomic E-state index is -3.67. The Kier molecular flexibility index (Phi) is 8.14. The summed E-state index contributed by atoms with van der Waals surface area (Å²) in [4.78, 5) is 29.8. The standard InChI is InChI=1S/C23H28N4O3.CHF3/c1-23(2)18-7-5-4-6-15(18)10-20(23)26-16-8-9-17(24-11-16)13-27(3)22(29)19-12-25-21(28)14-30-19;2-1(3)4/h4-9,11,19-20,26H,10,12-14H2,1-3H3,(H,25,28);1H. The van der Waals surface area contributed by atoms with Crippen LogP contribution in [0.25, 0.3) is 0 Å². The van der Waals surface area contributed by atoms with E-state index < -0.39 is 12.8 Å². The highest BCUT2D eigenvalue weighted by atomic mass is 19.4. The van der Waals surface area contributed by atoms with Crippen LogP contribution in [0.1, 0.15) is 30.7 Å². The predicted molar refractivity (Wildman–Crippen MR) is 121 cm³/mol. The van der Waals surface area contributed by atoms with Crippen molar-refractivity contribution in [1.82, 2.24) is 15.2 Å². The van der Waals surface area contributed by atoms with Gasteiger partial charge in [0.1, 0.15) is 6.61 Å². The summed E-state index contributed by atoms with van der Waals surface area (Å²) in [5.41, 5.74) is 4.60. The number of halogens is 3. The average Bonchev–Trinajstić information content (AvgIpc) is 3.04. The Labute approximate surface area is 196 Å². The highest BCUT2D eigenvalue weighted by molar-refractivity contribution is 5.85. The van der Waals surface area contributed by atoms with E-state index in [1.807, 2.05) is 18.3 Å². The molecule has 10 heteroatoms. The Hall–Kier alpha value is -3.14. The highest BCUT2D eigenvalue weighted by Crippen LogP contribution is 2.39. The number of hydrogen-bond acceptors (Lipinski definition) is 5. The number of ether oxygens (including phenoxy) is 1. The highest BCUT2D eigenvalue weighted by Gasteiger charge is 2.39. The molecule has 4 rings (SSSR count). The number of carbonyl (C=O) groups excluding carboxylic acids is 2. The van der Waals surface area contributed by atoms with Gasteiger partial charge in [-0.15, -0.1) is 0 Å². The van der Waals surface area contributed by atoms with Crippen molar-refractivity contribution in [2.75, 3.05) is 25.5 Å². The van der Waals surface area contributed by atoms with E-state index in [4.69, 9.17) is 4.74 Å². The van der Waals surface area contributed by atoms with Gasteiger partial charge < -0.3 is 20.3 Å². The molecule has 1 aliphatic carbocycles. The van der Waals surface area contributed by atoms with E-state index in [1.165, 1.54) is 11.1 Å². The monoisotopic (exact) mass is 478 g/mol. The summed E-state index contributed by atoms with van der Waals surface area (Å²) >= 11 is 0. The van der Waals surface area contributed by atoms with Gasteiger partial charge in [-0.3, -0.25) is 14.6 Å². The van der Waals surface area contributed by atoms with Gasteiger partial charge in [0, 0.05) is 18.5 Å². The Balaban J connectivity index is 0.000000751. The normalized spacial score (nSPS) is 20.6. The molecule has 0 radical (unpaired) electrons. The summed E-state index contributed by atoms with van der Waals surface area (Å²) in [7, 11) is 1.72. The van der Waals surface area contributed by atoms with E-state index >= 15 is 0 Å². The molecule has 34 heavy (non-hydrogen) atoms. The van der Waals surface area contributed by atoms with Gasteiger partial charge in [-0.2, -0.15) is 13.2 Å². The van der Waals surface area contributed by atoms with Crippen molar-refractivity contribution in [2.45, 2.75) is 51.1 Å². The van der Waals surface area contributed by atoms with Crippen molar-refractivity contribution in [3.63, 3.8) is 0 Å². The number of nitrogens with zero attached hydrogens (tertiary/aromatic N) is 2. The molecular weight excluding hydrogens is 449 g/mol. The predicted octanol–water partition coefficient (Wildman–Crippen LogP) is 3.05. The molecule has 2 N–H and O–H groups in total. The summed E-state index contributed by atoms with van der Waals surface area (Å²) in [6, 6.07) is 12.9. The Morgan fingerprint density at radius 1 is 1.26 bits per heavy atom. The number of likely N-dealkylation sites (N-methyl/N-ethyl adjacent to an activating group) is 1. The number of alkyl halides is 3. The van der Waals surface area contributed by atoms with Crippen LogP contribution in [0.5, 0.6) is 0 Å². The fourth-order valence-corrected chi connectivity index (χ4v) is 4.24. The number of rotatable bonds is 5. The average molecular weight is 479 g/mol. The quantitative estimate of drug-likeness (QED) is 0.690. The fourth-order valence-electron chi connectivity index (χ4n) is 4.24. The molecule has 2 unspecified atom stereocenters.